The van der Waals surface area contributed by atoms with Gasteiger partial charge in [0, 0.05) is 17.7 Å². The Morgan fingerprint density at radius 2 is 2.09 bits per heavy atom. The molecule has 23 heavy (non-hydrogen) atoms. The topological polar surface area (TPSA) is 51.5 Å². The van der Waals surface area contributed by atoms with Crippen molar-refractivity contribution in [3.8, 4) is 5.75 Å². The van der Waals surface area contributed by atoms with Crippen molar-refractivity contribution in [2.75, 3.05) is 6.61 Å². The fraction of sp³-hybridized carbons (Fsp3) is 0.167. The highest BCUT2D eigenvalue weighted by Gasteiger charge is 2.13. The third kappa shape index (κ3) is 3.18. The summed E-state index contributed by atoms with van der Waals surface area (Å²) in [6.45, 7) is 2.48. The molecule has 5 heteroatoms. The standard InChI is InChI=1S/C18H16FNO3/c1-2-22-16-9-13(10-17-14(16)7-8-23-17)18(21)20-11-12-5-3-4-6-15(12)19/h3-10H,2,11H2,1H3,(H,20,21). The minimum absolute atomic E-state index is 0.117. The maximum atomic E-state index is 13.6. The molecular formula is C18H16FNO3. The van der Waals surface area contributed by atoms with Gasteiger partial charge in [-0.3, -0.25) is 4.79 Å². The lowest BCUT2D eigenvalue weighted by Crippen LogP contribution is -2.23. The van der Waals surface area contributed by atoms with Crippen LogP contribution in [0.2, 0.25) is 0 Å². The number of halogens is 1. The molecule has 1 N–H and O–H groups in total. The summed E-state index contributed by atoms with van der Waals surface area (Å²) in [6.07, 6.45) is 1.55. The monoisotopic (exact) mass is 313 g/mol. The summed E-state index contributed by atoms with van der Waals surface area (Å²) in [5, 5.41) is 3.52. The molecule has 0 aliphatic heterocycles. The summed E-state index contributed by atoms with van der Waals surface area (Å²) < 4.78 is 24.5. The van der Waals surface area contributed by atoms with E-state index >= 15 is 0 Å². The number of amides is 1. The number of rotatable bonds is 5. The van der Waals surface area contributed by atoms with Gasteiger partial charge in [0.15, 0.2) is 0 Å². The van der Waals surface area contributed by atoms with E-state index in [1.54, 1.807) is 42.7 Å². The molecule has 3 rings (SSSR count). The average Bonchev–Trinajstić information content (AvgIpc) is 3.03. The zero-order valence-electron chi connectivity index (χ0n) is 12.6. The van der Waals surface area contributed by atoms with E-state index in [0.717, 1.165) is 5.39 Å². The second kappa shape index (κ2) is 6.52. The summed E-state index contributed by atoms with van der Waals surface area (Å²) in [6, 6.07) is 11.4. The number of benzene rings is 2. The van der Waals surface area contributed by atoms with Crippen molar-refractivity contribution in [3.63, 3.8) is 0 Å². The molecule has 0 atom stereocenters. The number of nitrogens with one attached hydrogen (secondary N) is 1. The Kier molecular flexibility index (Phi) is 4.28. The van der Waals surface area contributed by atoms with Crippen molar-refractivity contribution in [2.45, 2.75) is 13.5 Å². The van der Waals surface area contributed by atoms with Gasteiger partial charge in [-0.1, -0.05) is 18.2 Å². The van der Waals surface area contributed by atoms with E-state index in [9.17, 15) is 9.18 Å². The molecule has 0 spiro atoms. The molecule has 0 fully saturated rings. The molecular weight excluding hydrogens is 297 g/mol. The van der Waals surface area contributed by atoms with E-state index < -0.39 is 0 Å². The van der Waals surface area contributed by atoms with E-state index in [1.807, 2.05) is 6.92 Å². The van der Waals surface area contributed by atoms with E-state index in [0.29, 0.717) is 29.1 Å². The number of furan rings is 1. The second-order valence-corrected chi connectivity index (χ2v) is 5.01. The lowest BCUT2D eigenvalue weighted by molar-refractivity contribution is 0.0950. The van der Waals surface area contributed by atoms with Crippen molar-refractivity contribution in [3.05, 3.63) is 65.7 Å². The van der Waals surface area contributed by atoms with Crippen LogP contribution in [0.4, 0.5) is 4.39 Å². The third-order valence-electron chi connectivity index (χ3n) is 3.49. The van der Waals surface area contributed by atoms with Gasteiger partial charge in [0.25, 0.3) is 5.91 Å². The van der Waals surface area contributed by atoms with Crippen LogP contribution in [0.25, 0.3) is 11.0 Å². The van der Waals surface area contributed by atoms with Crippen LogP contribution in [-0.4, -0.2) is 12.5 Å². The predicted molar refractivity (Wildman–Crippen MR) is 85.0 cm³/mol. The molecule has 0 bridgehead atoms. The first kappa shape index (κ1) is 15.1. The molecule has 1 aromatic heterocycles. The molecule has 0 saturated heterocycles. The number of carbonyl (C=O) groups is 1. The molecule has 118 valence electrons. The molecule has 0 radical (unpaired) electrons. The molecule has 1 amide bonds. The van der Waals surface area contributed by atoms with Gasteiger partial charge in [-0.25, -0.2) is 4.39 Å². The van der Waals surface area contributed by atoms with E-state index in [4.69, 9.17) is 9.15 Å². The molecule has 0 aliphatic rings. The lowest BCUT2D eigenvalue weighted by Gasteiger charge is -2.09. The van der Waals surface area contributed by atoms with Crippen LogP contribution in [-0.2, 0) is 6.54 Å². The number of hydrogen-bond donors (Lipinski definition) is 1. The van der Waals surface area contributed by atoms with Crippen molar-refractivity contribution in [2.24, 2.45) is 0 Å². The molecule has 1 heterocycles. The Morgan fingerprint density at radius 1 is 1.26 bits per heavy atom. The predicted octanol–water partition coefficient (Wildman–Crippen LogP) is 3.90. The smallest absolute Gasteiger partial charge is 0.251 e. The molecule has 0 saturated carbocycles. The van der Waals surface area contributed by atoms with Crippen molar-refractivity contribution in [1.29, 1.82) is 0 Å². The number of hydrogen-bond acceptors (Lipinski definition) is 3. The van der Waals surface area contributed by atoms with Gasteiger partial charge >= 0.3 is 0 Å². The largest absolute Gasteiger partial charge is 0.493 e. The van der Waals surface area contributed by atoms with Crippen molar-refractivity contribution >= 4 is 16.9 Å². The SMILES string of the molecule is CCOc1cc(C(=O)NCc2ccccc2F)cc2occc12. The summed E-state index contributed by atoms with van der Waals surface area (Å²) in [4.78, 5) is 12.3. The normalized spacial score (nSPS) is 10.7. The third-order valence-corrected chi connectivity index (χ3v) is 3.49. The number of ether oxygens (including phenoxy) is 1. The van der Waals surface area contributed by atoms with Gasteiger partial charge in [0.2, 0.25) is 0 Å². The van der Waals surface area contributed by atoms with Gasteiger partial charge in [0.1, 0.15) is 17.1 Å². The van der Waals surface area contributed by atoms with E-state index in [-0.39, 0.29) is 18.3 Å². The van der Waals surface area contributed by atoms with E-state index in [2.05, 4.69) is 5.32 Å². The van der Waals surface area contributed by atoms with Crippen LogP contribution >= 0.6 is 0 Å². The second-order valence-electron chi connectivity index (χ2n) is 5.01. The molecule has 0 unspecified atom stereocenters. The molecule has 3 aromatic rings. The van der Waals surface area contributed by atoms with Crippen LogP contribution in [0.3, 0.4) is 0 Å². The van der Waals surface area contributed by atoms with Crippen LogP contribution in [0.15, 0.2) is 53.1 Å². The van der Waals surface area contributed by atoms with Gasteiger partial charge < -0.3 is 14.5 Å². The molecule has 4 nitrogen and oxygen atoms in total. The first-order valence-electron chi connectivity index (χ1n) is 7.34. The zero-order chi connectivity index (χ0) is 16.2. The van der Waals surface area contributed by atoms with E-state index in [1.165, 1.54) is 6.07 Å². The fourth-order valence-electron chi connectivity index (χ4n) is 2.36. The summed E-state index contributed by atoms with van der Waals surface area (Å²) in [5.74, 6) is -0.0633. The number of fused-ring (bicyclic) bond motifs is 1. The van der Waals surface area contributed by atoms with Gasteiger partial charge in [-0.05, 0) is 31.2 Å². The summed E-state index contributed by atoms with van der Waals surface area (Å²) >= 11 is 0. The highest BCUT2D eigenvalue weighted by atomic mass is 19.1. The van der Waals surface area contributed by atoms with Gasteiger partial charge in [0.05, 0.1) is 18.3 Å². The first-order chi connectivity index (χ1) is 11.2. The Hall–Kier alpha value is -2.82. The van der Waals surface area contributed by atoms with Crippen LogP contribution < -0.4 is 10.1 Å². The maximum absolute atomic E-state index is 13.6. The van der Waals surface area contributed by atoms with Crippen LogP contribution in [0.1, 0.15) is 22.8 Å². The maximum Gasteiger partial charge on any atom is 0.251 e. The fourth-order valence-corrected chi connectivity index (χ4v) is 2.36. The molecule has 2 aromatic carbocycles. The highest BCUT2D eigenvalue weighted by Crippen LogP contribution is 2.28. The average molecular weight is 313 g/mol. The Bertz CT molecular complexity index is 841. The quantitative estimate of drug-likeness (QED) is 0.777. The first-order valence-corrected chi connectivity index (χ1v) is 7.34. The summed E-state index contributed by atoms with van der Waals surface area (Å²) in [5.41, 5.74) is 1.42. The summed E-state index contributed by atoms with van der Waals surface area (Å²) in [7, 11) is 0. The minimum Gasteiger partial charge on any atom is -0.493 e. The van der Waals surface area contributed by atoms with Crippen LogP contribution in [0.5, 0.6) is 5.75 Å². The lowest BCUT2D eigenvalue weighted by atomic mass is 10.1. The Morgan fingerprint density at radius 3 is 2.87 bits per heavy atom. The minimum atomic E-state index is -0.343. The number of carbonyl (C=O) groups excluding carboxylic acids is 1. The van der Waals surface area contributed by atoms with Gasteiger partial charge in [-0.15, -0.1) is 0 Å². The van der Waals surface area contributed by atoms with Crippen molar-refractivity contribution in [1.82, 2.24) is 5.32 Å². The Balaban J connectivity index is 1.82. The Labute approximate surface area is 132 Å². The zero-order valence-corrected chi connectivity index (χ0v) is 12.6. The van der Waals surface area contributed by atoms with Gasteiger partial charge in [-0.2, -0.15) is 0 Å². The molecule has 0 aliphatic carbocycles. The van der Waals surface area contributed by atoms with Crippen LogP contribution in [0, 0.1) is 5.82 Å². The van der Waals surface area contributed by atoms with Crippen molar-refractivity contribution < 1.29 is 18.3 Å². The highest BCUT2D eigenvalue weighted by molar-refractivity contribution is 5.99.